The molecule has 0 radical (unpaired) electrons. The molecule has 50 valence electrons. The van der Waals surface area contributed by atoms with Crippen molar-refractivity contribution in [3.8, 4) is 0 Å². The summed E-state index contributed by atoms with van der Waals surface area (Å²) in [5.74, 6) is 0. The number of hydrogen-bond donors (Lipinski definition) is 0. The fourth-order valence-corrected chi connectivity index (χ4v) is 1.24. The Labute approximate surface area is 60.4 Å². The first-order chi connectivity index (χ1) is 4.92. The molecule has 0 saturated heterocycles. The van der Waals surface area contributed by atoms with Gasteiger partial charge < -0.3 is 0 Å². The van der Waals surface area contributed by atoms with Gasteiger partial charge in [-0.15, -0.1) is 0 Å². The number of benzene rings is 1. The minimum Gasteiger partial charge on any atom is -0.252 e. The second kappa shape index (κ2) is 1.94. The monoisotopic (exact) mass is 131 g/mol. The van der Waals surface area contributed by atoms with Gasteiger partial charge in [0.2, 0.25) is 0 Å². The predicted octanol–water partition coefficient (Wildman–Crippen LogP) is 2.53. The van der Waals surface area contributed by atoms with Crippen LogP contribution >= 0.6 is 0 Å². The molecule has 0 fully saturated rings. The molecule has 1 aliphatic rings. The lowest BCUT2D eigenvalue weighted by Crippen LogP contribution is -2.06. The molecule has 1 heteroatoms. The first kappa shape index (κ1) is 5.66. The number of fused-ring (bicyclic) bond motifs is 1. The van der Waals surface area contributed by atoms with Gasteiger partial charge in [0, 0.05) is 5.56 Å². The number of rotatable bonds is 1. The summed E-state index contributed by atoms with van der Waals surface area (Å²) in [6.45, 7) is 2.13. The molecule has 0 bridgehead atoms. The van der Waals surface area contributed by atoms with Gasteiger partial charge in [0.05, 0.1) is 11.4 Å². The average molecular weight is 131 g/mol. The van der Waals surface area contributed by atoms with Crippen molar-refractivity contribution in [1.82, 2.24) is 0 Å². The molecule has 1 aromatic carbocycles. The molecular formula is C9H9N. The summed E-state index contributed by atoms with van der Waals surface area (Å²) in [4.78, 5) is 4.32. The lowest BCUT2D eigenvalue weighted by atomic mass is 10.0. The highest BCUT2D eigenvalue weighted by Crippen LogP contribution is 2.29. The zero-order valence-electron chi connectivity index (χ0n) is 5.96. The third kappa shape index (κ3) is 0.604. The van der Waals surface area contributed by atoms with E-state index >= 15 is 0 Å². The maximum atomic E-state index is 4.32. The molecule has 0 saturated carbocycles. The molecule has 0 amide bonds. The Kier molecular flexibility index (Phi) is 1.10. The van der Waals surface area contributed by atoms with Crippen LogP contribution in [0.25, 0.3) is 0 Å². The van der Waals surface area contributed by atoms with E-state index in [0.717, 1.165) is 12.1 Å². The molecule has 1 nitrogen and oxygen atoms in total. The number of para-hydroxylation sites is 1. The second-order valence-corrected chi connectivity index (χ2v) is 2.43. The van der Waals surface area contributed by atoms with Gasteiger partial charge in [0.1, 0.15) is 0 Å². The Morgan fingerprint density at radius 3 is 2.80 bits per heavy atom. The summed E-state index contributed by atoms with van der Waals surface area (Å²) in [6.07, 6.45) is 1.05. The Balaban J connectivity index is 2.43. The largest absolute Gasteiger partial charge is 0.252 e. The summed E-state index contributed by atoms with van der Waals surface area (Å²) in [6, 6.07) is 8.26. The standard InChI is InChI=1S/C9H9N/c1-2-8-7-5-3-4-6-9(7)10-8/h3-6H,2H2,1H3. The fourth-order valence-electron chi connectivity index (χ4n) is 1.24. The zero-order valence-corrected chi connectivity index (χ0v) is 5.96. The summed E-state index contributed by atoms with van der Waals surface area (Å²) in [5, 5.41) is 0. The molecule has 2 rings (SSSR count). The van der Waals surface area contributed by atoms with E-state index in [4.69, 9.17) is 0 Å². The number of nitrogens with zero attached hydrogens (tertiary/aromatic N) is 1. The molecule has 0 atom stereocenters. The topological polar surface area (TPSA) is 12.4 Å². The molecule has 0 N–H and O–H groups in total. The van der Waals surface area contributed by atoms with Crippen molar-refractivity contribution in [2.24, 2.45) is 4.99 Å². The minimum absolute atomic E-state index is 1.05. The van der Waals surface area contributed by atoms with Crippen LogP contribution in [0.15, 0.2) is 29.3 Å². The minimum atomic E-state index is 1.05. The van der Waals surface area contributed by atoms with E-state index in [2.05, 4.69) is 30.1 Å². The maximum Gasteiger partial charge on any atom is 0.0723 e. The van der Waals surface area contributed by atoms with Crippen LogP contribution < -0.4 is 0 Å². The quantitative estimate of drug-likeness (QED) is 0.555. The molecule has 0 unspecified atom stereocenters. The molecule has 10 heavy (non-hydrogen) atoms. The predicted molar refractivity (Wildman–Crippen MR) is 42.9 cm³/mol. The van der Waals surface area contributed by atoms with Crippen LogP contribution in [-0.2, 0) is 0 Å². The van der Waals surface area contributed by atoms with Gasteiger partial charge >= 0.3 is 0 Å². The van der Waals surface area contributed by atoms with Crippen molar-refractivity contribution in [3.63, 3.8) is 0 Å². The first-order valence-corrected chi connectivity index (χ1v) is 3.59. The second-order valence-electron chi connectivity index (χ2n) is 2.43. The maximum absolute atomic E-state index is 4.32. The van der Waals surface area contributed by atoms with E-state index in [-0.39, 0.29) is 0 Å². The van der Waals surface area contributed by atoms with Crippen molar-refractivity contribution < 1.29 is 0 Å². The van der Waals surface area contributed by atoms with E-state index in [1.54, 1.807) is 0 Å². The highest BCUT2D eigenvalue weighted by atomic mass is 14.8. The van der Waals surface area contributed by atoms with E-state index in [0.29, 0.717) is 0 Å². The molecule has 0 spiro atoms. The Bertz CT molecular complexity index is 287. The summed E-state index contributed by atoms with van der Waals surface area (Å²) in [7, 11) is 0. The van der Waals surface area contributed by atoms with E-state index in [9.17, 15) is 0 Å². The van der Waals surface area contributed by atoms with E-state index in [1.807, 2.05) is 6.07 Å². The highest BCUT2D eigenvalue weighted by molar-refractivity contribution is 6.12. The summed E-state index contributed by atoms with van der Waals surface area (Å²) in [5.41, 5.74) is 3.74. The molecular weight excluding hydrogens is 122 g/mol. The number of aliphatic imine (C=N–C) groups is 1. The zero-order chi connectivity index (χ0) is 6.97. The Morgan fingerprint density at radius 1 is 1.30 bits per heavy atom. The van der Waals surface area contributed by atoms with Gasteiger partial charge in [0.25, 0.3) is 0 Å². The van der Waals surface area contributed by atoms with Crippen LogP contribution in [0.4, 0.5) is 5.69 Å². The van der Waals surface area contributed by atoms with Crippen molar-refractivity contribution in [1.29, 1.82) is 0 Å². The van der Waals surface area contributed by atoms with Crippen molar-refractivity contribution in [2.75, 3.05) is 0 Å². The molecule has 1 aromatic rings. The lowest BCUT2D eigenvalue weighted by molar-refractivity contribution is 1.22. The molecule has 0 aromatic heterocycles. The number of hydrogen-bond acceptors (Lipinski definition) is 1. The van der Waals surface area contributed by atoms with Gasteiger partial charge in [-0.25, -0.2) is 0 Å². The summed E-state index contributed by atoms with van der Waals surface area (Å²) < 4.78 is 0. The SMILES string of the molecule is CCC1=Nc2ccccc21. The Morgan fingerprint density at radius 2 is 2.10 bits per heavy atom. The normalized spacial score (nSPS) is 13.5. The van der Waals surface area contributed by atoms with Crippen LogP contribution in [0.1, 0.15) is 18.9 Å². The van der Waals surface area contributed by atoms with Gasteiger partial charge in [-0.1, -0.05) is 25.1 Å². The average Bonchev–Trinajstić information content (AvgIpc) is 1.92. The van der Waals surface area contributed by atoms with Crippen molar-refractivity contribution in [2.45, 2.75) is 13.3 Å². The van der Waals surface area contributed by atoms with Crippen LogP contribution in [0.2, 0.25) is 0 Å². The van der Waals surface area contributed by atoms with Crippen LogP contribution in [-0.4, -0.2) is 5.71 Å². The molecule has 1 heterocycles. The van der Waals surface area contributed by atoms with Crippen molar-refractivity contribution >= 4 is 11.4 Å². The van der Waals surface area contributed by atoms with Crippen LogP contribution in [0, 0.1) is 0 Å². The third-order valence-corrected chi connectivity index (χ3v) is 1.81. The lowest BCUT2D eigenvalue weighted by Gasteiger charge is -2.15. The van der Waals surface area contributed by atoms with Crippen LogP contribution in [0.5, 0.6) is 0 Å². The van der Waals surface area contributed by atoms with E-state index in [1.165, 1.54) is 11.3 Å². The third-order valence-electron chi connectivity index (χ3n) is 1.81. The molecule has 1 aliphatic heterocycles. The fraction of sp³-hybridized carbons (Fsp3) is 0.222. The van der Waals surface area contributed by atoms with Gasteiger partial charge in [0.15, 0.2) is 0 Å². The van der Waals surface area contributed by atoms with E-state index < -0.39 is 0 Å². The molecule has 0 aliphatic carbocycles. The summed E-state index contributed by atoms with van der Waals surface area (Å²) >= 11 is 0. The van der Waals surface area contributed by atoms with Crippen LogP contribution in [0.3, 0.4) is 0 Å². The van der Waals surface area contributed by atoms with Gasteiger partial charge in [-0.3, -0.25) is 4.99 Å². The highest BCUT2D eigenvalue weighted by Gasteiger charge is 2.14. The van der Waals surface area contributed by atoms with Gasteiger partial charge in [-0.2, -0.15) is 0 Å². The first-order valence-electron chi connectivity index (χ1n) is 3.59. The smallest absolute Gasteiger partial charge is 0.0723 e. The van der Waals surface area contributed by atoms with Gasteiger partial charge in [-0.05, 0) is 12.5 Å². The van der Waals surface area contributed by atoms with Crippen molar-refractivity contribution in [3.05, 3.63) is 29.8 Å². The Hall–Kier alpha value is -1.11.